The first-order valence-corrected chi connectivity index (χ1v) is 10.7. The lowest BCUT2D eigenvalue weighted by Gasteiger charge is -2.39. The minimum absolute atomic E-state index is 0.232. The van der Waals surface area contributed by atoms with Crippen LogP contribution >= 0.6 is 0 Å². The van der Waals surface area contributed by atoms with Crippen molar-refractivity contribution in [1.82, 2.24) is 14.3 Å². The van der Waals surface area contributed by atoms with E-state index in [1.54, 1.807) is 29.8 Å². The zero-order chi connectivity index (χ0) is 22.6. The molecular formula is C24H26FN5O2. The molecule has 1 saturated heterocycles. The number of nitrogens with one attached hydrogen (secondary N) is 1. The number of halogens is 1. The Morgan fingerprint density at radius 2 is 2.03 bits per heavy atom. The number of benzene rings is 1. The quantitative estimate of drug-likeness (QED) is 0.522. The van der Waals surface area contributed by atoms with Crippen molar-refractivity contribution >= 4 is 33.9 Å². The van der Waals surface area contributed by atoms with Gasteiger partial charge in [0, 0.05) is 55.2 Å². The third-order valence-corrected chi connectivity index (χ3v) is 6.21. The summed E-state index contributed by atoms with van der Waals surface area (Å²) in [4.78, 5) is 22.0. The highest BCUT2D eigenvalue weighted by Crippen LogP contribution is 2.34. The van der Waals surface area contributed by atoms with Crippen molar-refractivity contribution in [2.75, 3.05) is 36.9 Å². The highest BCUT2D eigenvalue weighted by Gasteiger charge is 2.25. The van der Waals surface area contributed by atoms with Gasteiger partial charge in [-0.2, -0.15) is 0 Å². The number of anilines is 2. The van der Waals surface area contributed by atoms with Crippen LogP contribution in [0.25, 0.3) is 16.6 Å². The van der Waals surface area contributed by atoms with Crippen LogP contribution in [-0.4, -0.2) is 52.9 Å². The molecule has 32 heavy (non-hydrogen) atoms. The molecule has 1 unspecified atom stereocenters. The second-order valence-corrected chi connectivity index (χ2v) is 8.65. The molecular weight excluding hydrogens is 409 g/mol. The summed E-state index contributed by atoms with van der Waals surface area (Å²) in [6, 6.07) is 7.46. The fourth-order valence-corrected chi connectivity index (χ4v) is 4.40. The maximum absolute atomic E-state index is 14.4. The number of nitrogens with zero attached hydrogens (tertiary/aromatic N) is 4. The molecule has 1 aliphatic heterocycles. The van der Waals surface area contributed by atoms with Crippen molar-refractivity contribution in [2.24, 2.45) is 0 Å². The van der Waals surface area contributed by atoms with Crippen LogP contribution in [0, 0.1) is 19.7 Å². The summed E-state index contributed by atoms with van der Waals surface area (Å²) in [6.45, 7) is 8.68. The first kappa shape index (κ1) is 20.5. The van der Waals surface area contributed by atoms with Crippen LogP contribution in [-0.2, 0) is 0 Å². The number of pyridine rings is 1. The van der Waals surface area contributed by atoms with E-state index in [0.717, 1.165) is 36.5 Å². The van der Waals surface area contributed by atoms with Gasteiger partial charge in [-0.15, -0.1) is 0 Å². The number of carbonyl (C=O) groups excluding carboxylic acids is 1. The molecule has 8 heteroatoms. The average molecular weight is 436 g/mol. The first-order valence-electron chi connectivity index (χ1n) is 10.7. The lowest BCUT2D eigenvalue weighted by atomic mass is 10.1. The van der Waals surface area contributed by atoms with Gasteiger partial charge < -0.3 is 23.9 Å². The molecule has 4 heterocycles. The molecule has 0 bridgehead atoms. The SMILES string of the molecule is Cc1cn2cc(NC(=O)c3ccc(N4CCN(C)C(C)C4)c4cc(C)oc34)cc(F)c2n1. The normalized spacial score (nSPS) is 17.4. The predicted octanol–water partition coefficient (Wildman–Crippen LogP) is 4.23. The number of piperazine rings is 1. The number of amides is 1. The Labute approximate surface area is 185 Å². The third kappa shape index (κ3) is 3.50. The van der Waals surface area contributed by atoms with Gasteiger partial charge in [-0.05, 0) is 46.0 Å². The van der Waals surface area contributed by atoms with Crippen LogP contribution < -0.4 is 10.2 Å². The van der Waals surface area contributed by atoms with Crippen molar-refractivity contribution in [3.8, 4) is 0 Å². The van der Waals surface area contributed by atoms with Gasteiger partial charge >= 0.3 is 0 Å². The highest BCUT2D eigenvalue weighted by molar-refractivity contribution is 6.13. The molecule has 7 nitrogen and oxygen atoms in total. The van der Waals surface area contributed by atoms with Crippen LogP contribution in [0.4, 0.5) is 15.8 Å². The van der Waals surface area contributed by atoms with Crippen molar-refractivity contribution in [1.29, 1.82) is 0 Å². The number of hydrogen-bond donors (Lipinski definition) is 1. The van der Waals surface area contributed by atoms with Crippen molar-refractivity contribution in [3.63, 3.8) is 0 Å². The Hall–Kier alpha value is -3.39. The van der Waals surface area contributed by atoms with Gasteiger partial charge in [0.05, 0.1) is 16.9 Å². The monoisotopic (exact) mass is 435 g/mol. The molecule has 3 aromatic heterocycles. The van der Waals surface area contributed by atoms with E-state index in [-0.39, 0.29) is 11.6 Å². The van der Waals surface area contributed by atoms with Crippen molar-refractivity contribution < 1.29 is 13.6 Å². The third-order valence-electron chi connectivity index (χ3n) is 6.21. The summed E-state index contributed by atoms with van der Waals surface area (Å²) < 4.78 is 21.9. The number of fused-ring (bicyclic) bond motifs is 2. The molecule has 4 aromatic rings. The Bertz CT molecular complexity index is 1340. The maximum Gasteiger partial charge on any atom is 0.259 e. The molecule has 1 aromatic carbocycles. The summed E-state index contributed by atoms with van der Waals surface area (Å²) in [7, 11) is 2.14. The van der Waals surface area contributed by atoms with Gasteiger partial charge in [-0.25, -0.2) is 9.37 Å². The molecule has 166 valence electrons. The number of aromatic nitrogens is 2. The van der Waals surface area contributed by atoms with Gasteiger partial charge in [0.15, 0.2) is 11.5 Å². The van der Waals surface area contributed by atoms with Crippen LogP contribution in [0.3, 0.4) is 0 Å². The molecule has 0 saturated carbocycles. The molecule has 0 spiro atoms. The number of hydrogen-bond acceptors (Lipinski definition) is 5. The summed E-state index contributed by atoms with van der Waals surface area (Å²) >= 11 is 0. The fraction of sp³-hybridized carbons (Fsp3) is 0.333. The van der Waals surface area contributed by atoms with Crippen molar-refractivity contribution in [3.05, 3.63) is 59.5 Å². The smallest absolute Gasteiger partial charge is 0.259 e. The van der Waals surface area contributed by atoms with Gasteiger partial charge in [0.2, 0.25) is 0 Å². The molecule has 5 rings (SSSR count). The molecule has 1 N–H and O–H groups in total. The van der Waals surface area contributed by atoms with E-state index < -0.39 is 5.82 Å². The number of likely N-dealkylation sites (N-methyl/N-ethyl adjacent to an activating group) is 1. The van der Waals surface area contributed by atoms with E-state index in [9.17, 15) is 9.18 Å². The first-order chi connectivity index (χ1) is 15.3. The minimum Gasteiger partial charge on any atom is -0.460 e. The van der Waals surface area contributed by atoms with E-state index in [0.29, 0.717) is 28.6 Å². The largest absolute Gasteiger partial charge is 0.460 e. The van der Waals surface area contributed by atoms with Crippen LogP contribution in [0.15, 0.2) is 41.1 Å². The van der Waals surface area contributed by atoms with Gasteiger partial charge in [-0.3, -0.25) is 4.79 Å². The molecule has 1 aliphatic rings. The van der Waals surface area contributed by atoms with Crippen molar-refractivity contribution in [2.45, 2.75) is 26.8 Å². The second kappa shape index (κ2) is 7.63. The van der Waals surface area contributed by atoms with Crippen LogP contribution in [0.2, 0.25) is 0 Å². The van der Waals surface area contributed by atoms with Gasteiger partial charge in [0.25, 0.3) is 5.91 Å². The van der Waals surface area contributed by atoms with Crippen LogP contribution in [0.5, 0.6) is 0 Å². The number of carbonyl (C=O) groups is 1. The van der Waals surface area contributed by atoms with Gasteiger partial charge in [-0.1, -0.05) is 0 Å². The van der Waals surface area contributed by atoms with E-state index in [4.69, 9.17) is 4.42 Å². The molecule has 1 amide bonds. The van der Waals surface area contributed by atoms with E-state index in [1.807, 2.05) is 19.1 Å². The average Bonchev–Trinajstić information content (AvgIpc) is 3.31. The fourth-order valence-electron chi connectivity index (χ4n) is 4.40. The topological polar surface area (TPSA) is 66.0 Å². The summed E-state index contributed by atoms with van der Waals surface area (Å²) in [5.74, 6) is -0.0994. The summed E-state index contributed by atoms with van der Waals surface area (Å²) in [5.41, 5.74) is 3.32. The maximum atomic E-state index is 14.4. The number of aryl methyl sites for hydroxylation is 2. The Morgan fingerprint density at radius 1 is 1.22 bits per heavy atom. The molecule has 1 atom stereocenters. The Balaban J connectivity index is 1.49. The van der Waals surface area contributed by atoms with E-state index in [1.165, 1.54) is 6.07 Å². The highest BCUT2D eigenvalue weighted by atomic mass is 19.1. The standard InChI is InChI=1S/C24H26FN5O2/c1-14-11-30-13-17(10-20(25)23(30)26-14)27-24(31)18-5-6-21(19-9-16(3)32-22(18)19)29-8-7-28(4)15(2)12-29/h5-6,9-11,13,15H,7-8,12H2,1-4H3,(H,27,31). The molecule has 0 aliphatic carbocycles. The summed E-state index contributed by atoms with van der Waals surface area (Å²) in [5, 5.41) is 3.72. The zero-order valence-electron chi connectivity index (χ0n) is 18.6. The zero-order valence-corrected chi connectivity index (χ0v) is 18.6. The number of rotatable bonds is 3. The predicted molar refractivity (Wildman–Crippen MR) is 123 cm³/mol. The van der Waals surface area contributed by atoms with Crippen LogP contribution in [0.1, 0.15) is 28.7 Å². The number of imidazole rings is 1. The molecule has 1 fully saturated rings. The number of furan rings is 1. The summed E-state index contributed by atoms with van der Waals surface area (Å²) in [6.07, 6.45) is 3.37. The van der Waals surface area contributed by atoms with E-state index in [2.05, 4.69) is 34.1 Å². The minimum atomic E-state index is -0.491. The lowest BCUT2D eigenvalue weighted by molar-refractivity contribution is 0.102. The Kier molecular flexibility index (Phi) is 4.89. The second-order valence-electron chi connectivity index (χ2n) is 8.65. The molecule has 0 radical (unpaired) electrons. The van der Waals surface area contributed by atoms with E-state index >= 15 is 0 Å². The lowest BCUT2D eigenvalue weighted by Crippen LogP contribution is -2.50. The Morgan fingerprint density at radius 3 is 2.81 bits per heavy atom. The van der Waals surface area contributed by atoms with Gasteiger partial charge in [0.1, 0.15) is 11.3 Å².